The zero-order chi connectivity index (χ0) is 11.5. The molecule has 1 saturated heterocycles. The summed E-state index contributed by atoms with van der Waals surface area (Å²) in [5.74, 6) is 0.738. The van der Waals surface area contributed by atoms with Crippen molar-refractivity contribution in [3.05, 3.63) is 34.3 Å². The molecule has 0 aromatic heterocycles. The van der Waals surface area contributed by atoms with Gasteiger partial charge in [0.2, 0.25) is 0 Å². The maximum atomic E-state index is 3.49. The van der Waals surface area contributed by atoms with E-state index in [1.54, 1.807) is 0 Å². The smallest absolute Gasteiger partial charge is 0.0175 e. The Bertz CT molecular complexity index is 333. The van der Waals surface area contributed by atoms with Crippen LogP contribution in [0.2, 0.25) is 0 Å². The highest BCUT2D eigenvalue weighted by Crippen LogP contribution is 2.29. The van der Waals surface area contributed by atoms with Crippen molar-refractivity contribution in [2.24, 2.45) is 0 Å². The Morgan fingerprint density at radius 1 is 1.38 bits per heavy atom. The van der Waals surface area contributed by atoms with Gasteiger partial charge in [0.05, 0.1) is 0 Å². The predicted octanol–water partition coefficient (Wildman–Crippen LogP) is 4.04. The summed E-state index contributed by atoms with van der Waals surface area (Å²) in [5, 5.41) is 0. The van der Waals surface area contributed by atoms with Gasteiger partial charge in [-0.05, 0) is 49.9 Å². The molecule has 0 bridgehead atoms. The van der Waals surface area contributed by atoms with Gasteiger partial charge in [-0.25, -0.2) is 0 Å². The minimum absolute atomic E-state index is 0.737. The summed E-state index contributed by atoms with van der Waals surface area (Å²) in [4.78, 5) is 2.62. The molecule has 1 aliphatic rings. The van der Waals surface area contributed by atoms with Crippen LogP contribution in [0.3, 0.4) is 0 Å². The van der Waals surface area contributed by atoms with Gasteiger partial charge < -0.3 is 4.90 Å². The van der Waals surface area contributed by atoms with E-state index in [1.165, 1.54) is 36.0 Å². The number of hydrogen-bond acceptors (Lipinski definition) is 1. The fourth-order valence-electron chi connectivity index (χ4n) is 2.45. The molecule has 0 spiro atoms. The lowest BCUT2D eigenvalue weighted by molar-refractivity contribution is 0.250. The van der Waals surface area contributed by atoms with E-state index in [2.05, 4.69) is 58.9 Å². The number of likely N-dealkylation sites (tertiary alicyclic amines) is 1. The molecule has 0 amide bonds. The van der Waals surface area contributed by atoms with Gasteiger partial charge >= 0.3 is 0 Å². The monoisotopic (exact) mass is 281 g/mol. The molecule has 0 radical (unpaired) electrons. The predicted molar refractivity (Wildman–Crippen MR) is 72.8 cm³/mol. The number of hydrogen-bond donors (Lipinski definition) is 0. The Morgan fingerprint density at radius 2 is 2.06 bits per heavy atom. The molecule has 16 heavy (non-hydrogen) atoms. The average Bonchev–Trinajstić information content (AvgIpc) is 2.78. The third kappa shape index (κ3) is 2.67. The van der Waals surface area contributed by atoms with E-state index in [-0.39, 0.29) is 0 Å². The van der Waals surface area contributed by atoms with Crippen molar-refractivity contribution in [3.63, 3.8) is 0 Å². The van der Waals surface area contributed by atoms with Crippen LogP contribution in [0.15, 0.2) is 28.7 Å². The van der Waals surface area contributed by atoms with Gasteiger partial charge in [0.25, 0.3) is 0 Å². The van der Waals surface area contributed by atoms with Crippen LogP contribution < -0.4 is 0 Å². The molecule has 1 fully saturated rings. The summed E-state index contributed by atoms with van der Waals surface area (Å²) >= 11 is 3.49. The molecule has 2 atom stereocenters. The van der Waals surface area contributed by atoms with E-state index in [1.807, 2.05) is 0 Å². The molecule has 1 nitrogen and oxygen atoms in total. The summed E-state index contributed by atoms with van der Waals surface area (Å²) in [6, 6.07) is 9.56. The van der Waals surface area contributed by atoms with Gasteiger partial charge in [-0.2, -0.15) is 0 Å². The van der Waals surface area contributed by atoms with Crippen LogP contribution in [0.4, 0.5) is 0 Å². The van der Waals surface area contributed by atoms with Gasteiger partial charge in [0.15, 0.2) is 0 Å². The summed E-state index contributed by atoms with van der Waals surface area (Å²) in [7, 11) is 0. The van der Waals surface area contributed by atoms with E-state index < -0.39 is 0 Å². The van der Waals surface area contributed by atoms with E-state index in [4.69, 9.17) is 0 Å². The van der Waals surface area contributed by atoms with E-state index in [0.717, 1.165) is 12.0 Å². The first-order valence-corrected chi connectivity index (χ1v) is 6.99. The first-order chi connectivity index (χ1) is 7.70. The number of halogens is 1. The van der Waals surface area contributed by atoms with Crippen LogP contribution in [0.25, 0.3) is 0 Å². The molecular formula is C14H20BrN. The molecule has 0 N–H and O–H groups in total. The second-order valence-corrected chi connectivity index (χ2v) is 5.71. The van der Waals surface area contributed by atoms with Crippen LogP contribution in [0, 0.1) is 0 Å². The molecular weight excluding hydrogens is 262 g/mol. The first kappa shape index (κ1) is 12.1. The number of benzene rings is 1. The largest absolute Gasteiger partial charge is 0.300 e. The Balaban J connectivity index is 2.00. The Hall–Kier alpha value is -0.340. The van der Waals surface area contributed by atoms with Gasteiger partial charge in [0.1, 0.15) is 0 Å². The SMILES string of the molecule is CCC(C)N1CCC(c2ccc(Br)cc2)C1. The molecule has 2 rings (SSSR count). The van der Waals surface area contributed by atoms with Gasteiger partial charge in [-0.1, -0.05) is 35.0 Å². The van der Waals surface area contributed by atoms with Crippen LogP contribution in [-0.2, 0) is 0 Å². The van der Waals surface area contributed by atoms with Crippen molar-refractivity contribution >= 4 is 15.9 Å². The Kier molecular flexibility index (Phi) is 4.04. The van der Waals surface area contributed by atoms with E-state index in [0.29, 0.717) is 0 Å². The fraction of sp³-hybridized carbons (Fsp3) is 0.571. The molecule has 1 aliphatic heterocycles. The van der Waals surface area contributed by atoms with Gasteiger partial charge in [-0.15, -0.1) is 0 Å². The summed E-state index contributed by atoms with van der Waals surface area (Å²) in [6.07, 6.45) is 2.57. The third-order valence-electron chi connectivity index (χ3n) is 3.78. The summed E-state index contributed by atoms with van der Waals surface area (Å²) in [5.41, 5.74) is 1.49. The van der Waals surface area contributed by atoms with Crippen molar-refractivity contribution in [1.82, 2.24) is 4.90 Å². The summed E-state index contributed by atoms with van der Waals surface area (Å²) in [6.45, 7) is 7.11. The minimum Gasteiger partial charge on any atom is -0.300 e. The second kappa shape index (κ2) is 5.33. The topological polar surface area (TPSA) is 3.24 Å². The second-order valence-electron chi connectivity index (χ2n) is 4.79. The zero-order valence-corrected chi connectivity index (χ0v) is 11.7. The molecule has 0 saturated carbocycles. The van der Waals surface area contributed by atoms with Crippen molar-refractivity contribution < 1.29 is 0 Å². The molecule has 0 aliphatic carbocycles. The highest BCUT2D eigenvalue weighted by Gasteiger charge is 2.25. The summed E-state index contributed by atoms with van der Waals surface area (Å²) < 4.78 is 1.17. The maximum absolute atomic E-state index is 3.49. The molecule has 2 heteroatoms. The lowest BCUT2D eigenvalue weighted by atomic mass is 9.99. The normalized spacial score (nSPS) is 23.6. The highest BCUT2D eigenvalue weighted by molar-refractivity contribution is 9.10. The van der Waals surface area contributed by atoms with Crippen molar-refractivity contribution in [2.45, 2.75) is 38.6 Å². The Morgan fingerprint density at radius 3 is 2.69 bits per heavy atom. The number of nitrogens with zero attached hydrogens (tertiary/aromatic N) is 1. The van der Waals surface area contributed by atoms with Crippen molar-refractivity contribution in [2.75, 3.05) is 13.1 Å². The lowest BCUT2D eigenvalue weighted by Crippen LogP contribution is -2.29. The molecule has 1 aromatic carbocycles. The first-order valence-electron chi connectivity index (χ1n) is 6.20. The van der Waals surface area contributed by atoms with Gasteiger partial charge in [-0.3, -0.25) is 0 Å². The van der Waals surface area contributed by atoms with Crippen LogP contribution in [0.5, 0.6) is 0 Å². The van der Waals surface area contributed by atoms with Crippen LogP contribution in [0.1, 0.15) is 38.2 Å². The quantitative estimate of drug-likeness (QED) is 0.808. The molecule has 88 valence electrons. The third-order valence-corrected chi connectivity index (χ3v) is 4.30. The van der Waals surface area contributed by atoms with E-state index >= 15 is 0 Å². The average molecular weight is 282 g/mol. The fourth-order valence-corrected chi connectivity index (χ4v) is 2.72. The number of rotatable bonds is 3. The molecule has 1 aromatic rings. The Labute approximate surface area is 107 Å². The lowest BCUT2D eigenvalue weighted by Gasteiger charge is -2.22. The highest BCUT2D eigenvalue weighted by atomic mass is 79.9. The van der Waals surface area contributed by atoms with Crippen molar-refractivity contribution in [1.29, 1.82) is 0 Å². The standard InChI is InChI=1S/C14H20BrN/c1-3-11(2)16-9-8-13(10-16)12-4-6-14(15)7-5-12/h4-7,11,13H,3,8-10H2,1-2H3. The van der Waals surface area contributed by atoms with Gasteiger partial charge in [0, 0.05) is 17.1 Å². The maximum Gasteiger partial charge on any atom is 0.0175 e. The zero-order valence-electron chi connectivity index (χ0n) is 10.1. The minimum atomic E-state index is 0.737. The molecule has 2 unspecified atom stereocenters. The van der Waals surface area contributed by atoms with Crippen LogP contribution in [-0.4, -0.2) is 24.0 Å². The van der Waals surface area contributed by atoms with Crippen LogP contribution >= 0.6 is 15.9 Å². The van der Waals surface area contributed by atoms with Crippen molar-refractivity contribution in [3.8, 4) is 0 Å². The van der Waals surface area contributed by atoms with E-state index in [9.17, 15) is 0 Å². The molecule has 1 heterocycles.